The Hall–Kier alpha value is -2.96. The van der Waals surface area contributed by atoms with E-state index in [1.165, 1.54) is 25.6 Å². The first-order chi connectivity index (χ1) is 13.5. The van der Waals surface area contributed by atoms with Gasteiger partial charge in [-0.2, -0.15) is 0 Å². The summed E-state index contributed by atoms with van der Waals surface area (Å²) in [6.07, 6.45) is 0. The topological polar surface area (TPSA) is 71.5 Å². The van der Waals surface area contributed by atoms with E-state index in [-0.39, 0.29) is 11.3 Å². The molecule has 0 fully saturated rings. The van der Waals surface area contributed by atoms with Gasteiger partial charge >= 0.3 is 0 Å². The highest BCUT2D eigenvalue weighted by Gasteiger charge is 2.22. The summed E-state index contributed by atoms with van der Waals surface area (Å²) >= 11 is 7.69. The van der Waals surface area contributed by atoms with Crippen molar-refractivity contribution in [1.82, 2.24) is 4.98 Å². The van der Waals surface area contributed by atoms with Crippen LogP contribution in [0.15, 0.2) is 53.3 Å². The van der Waals surface area contributed by atoms with Gasteiger partial charge in [0.15, 0.2) is 11.5 Å². The zero-order chi connectivity index (χ0) is 19.8. The van der Waals surface area contributed by atoms with Crippen molar-refractivity contribution in [2.75, 3.05) is 14.2 Å². The number of rotatable bonds is 4. The quantitative estimate of drug-likeness (QED) is 0.476. The smallest absolute Gasteiger partial charge is 0.260 e. The number of H-pyrrole nitrogens is 1. The average Bonchev–Trinajstić information content (AvgIpc) is 3.04. The van der Waals surface area contributed by atoms with E-state index in [0.717, 1.165) is 5.56 Å². The second-order valence-electron chi connectivity index (χ2n) is 6.07. The number of aromatic nitrogens is 1. The molecule has 5 nitrogen and oxygen atoms in total. The Morgan fingerprint density at radius 1 is 0.964 bits per heavy atom. The standard InChI is InChI=1S/C21H16ClNO4S/c1-26-13-9-8-12(10-14(13)27-2)16-18(24)17-15(11-6-4-3-5-7-11)19(22)28-21(17)23-20(16)25/h3-10H,1-2H3,(H2,23,24,25). The van der Waals surface area contributed by atoms with Gasteiger partial charge < -0.3 is 19.6 Å². The van der Waals surface area contributed by atoms with Crippen LogP contribution in [0.3, 0.4) is 0 Å². The van der Waals surface area contributed by atoms with E-state index in [9.17, 15) is 9.90 Å². The van der Waals surface area contributed by atoms with Crippen molar-refractivity contribution in [3.05, 3.63) is 63.2 Å². The lowest BCUT2D eigenvalue weighted by molar-refractivity contribution is 0.355. The molecular weight excluding hydrogens is 398 g/mol. The Balaban J connectivity index is 2.03. The molecule has 0 unspecified atom stereocenters. The molecule has 0 spiro atoms. The van der Waals surface area contributed by atoms with Gasteiger partial charge in [-0.05, 0) is 23.3 Å². The minimum atomic E-state index is -0.408. The molecule has 0 radical (unpaired) electrons. The van der Waals surface area contributed by atoms with Gasteiger partial charge in [0.05, 0.1) is 25.2 Å². The zero-order valence-electron chi connectivity index (χ0n) is 15.1. The molecule has 4 aromatic rings. The summed E-state index contributed by atoms with van der Waals surface area (Å²) in [5, 5.41) is 11.6. The molecule has 7 heteroatoms. The van der Waals surface area contributed by atoms with Crippen molar-refractivity contribution < 1.29 is 14.6 Å². The number of pyridine rings is 1. The van der Waals surface area contributed by atoms with E-state index in [4.69, 9.17) is 21.1 Å². The van der Waals surface area contributed by atoms with Crippen LogP contribution in [0.1, 0.15) is 0 Å². The Morgan fingerprint density at radius 3 is 2.36 bits per heavy atom. The number of halogens is 1. The molecule has 0 atom stereocenters. The first kappa shape index (κ1) is 18.4. The third-order valence-corrected chi connectivity index (χ3v) is 5.84. The Bertz CT molecular complexity index is 1230. The number of aromatic hydroxyl groups is 1. The van der Waals surface area contributed by atoms with E-state index in [2.05, 4.69) is 4.98 Å². The van der Waals surface area contributed by atoms with Gasteiger partial charge in [0.2, 0.25) is 0 Å². The van der Waals surface area contributed by atoms with Crippen LogP contribution in [-0.2, 0) is 0 Å². The van der Waals surface area contributed by atoms with Crippen LogP contribution in [0.5, 0.6) is 17.2 Å². The fourth-order valence-corrected chi connectivity index (χ4v) is 4.62. The number of nitrogens with one attached hydrogen (secondary N) is 1. The molecule has 0 aliphatic rings. The number of hydrogen-bond acceptors (Lipinski definition) is 5. The second-order valence-corrected chi connectivity index (χ2v) is 7.69. The lowest BCUT2D eigenvalue weighted by Crippen LogP contribution is -2.08. The van der Waals surface area contributed by atoms with E-state index in [1.807, 2.05) is 30.3 Å². The molecule has 0 saturated heterocycles. The molecular formula is C21H16ClNO4S. The van der Waals surface area contributed by atoms with Crippen molar-refractivity contribution in [2.24, 2.45) is 0 Å². The van der Waals surface area contributed by atoms with Crippen molar-refractivity contribution in [3.63, 3.8) is 0 Å². The maximum atomic E-state index is 12.7. The van der Waals surface area contributed by atoms with Crippen LogP contribution in [0, 0.1) is 0 Å². The molecule has 0 bridgehead atoms. The van der Waals surface area contributed by atoms with Crippen LogP contribution in [0.25, 0.3) is 32.5 Å². The van der Waals surface area contributed by atoms with Gasteiger partial charge in [0.25, 0.3) is 5.56 Å². The normalized spacial score (nSPS) is 11.0. The molecule has 142 valence electrons. The van der Waals surface area contributed by atoms with Crippen molar-refractivity contribution in [2.45, 2.75) is 0 Å². The Morgan fingerprint density at radius 2 is 1.68 bits per heavy atom. The molecule has 0 aliphatic heterocycles. The maximum absolute atomic E-state index is 12.7. The van der Waals surface area contributed by atoms with E-state index in [1.54, 1.807) is 18.2 Å². The lowest BCUT2D eigenvalue weighted by Gasteiger charge is -2.11. The van der Waals surface area contributed by atoms with Gasteiger partial charge in [-0.3, -0.25) is 4.79 Å². The maximum Gasteiger partial charge on any atom is 0.260 e. The molecule has 4 rings (SSSR count). The Labute approximate surface area is 169 Å². The fourth-order valence-electron chi connectivity index (χ4n) is 3.24. The minimum absolute atomic E-state index is 0.118. The number of hydrogen-bond donors (Lipinski definition) is 2. The summed E-state index contributed by atoms with van der Waals surface area (Å²) in [5.74, 6) is 0.880. The van der Waals surface area contributed by atoms with Crippen LogP contribution >= 0.6 is 22.9 Å². The zero-order valence-corrected chi connectivity index (χ0v) is 16.6. The number of benzene rings is 2. The lowest BCUT2D eigenvalue weighted by atomic mass is 10.0. The number of fused-ring (bicyclic) bond motifs is 1. The largest absolute Gasteiger partial charge is 0.506 e. The summed E-state index contributed by atoms with van der Waals surface area (Å²) in [7, 11) is 3.05. The average molecular weight is 414 g/mol. The summed E-state index contributed by atoms with van der Waals surface area (Å²) < 4.78 is 11.1. The summed E-state index contributed by atoms with van der Waals surface area (Å²) in [5.41, 5.74) is 1.81. The monoisotopic (exact) mass is 413 g/mol. The molecule has 2 heterocycles. The van der Waals surface area contributed by atoms with Gasteiger partial charge in [0.1, 0.15) is 14.9 Å². The van der Waals surface area contributed by atoms with Gasteiger partial charge in [-0.15, -0.1) is 11.3 Å². The van der Waals surface area contributed by atoms with Crippen LogP contribution in [-0.4, -0.2) is 24.3 Å². The molecule has 2 aromatic heterocycles. The van der Waals surface area contributed by atoms with Crippen molar-refractivity contribution in [1.29, 1.82) is 0 Å². The van der Waals surface area contributed by atoms with Crippen LogP contribution in [0.4, 0.5) is 0 Å². The molecule has 28 heavy (non-hydrogen) atoms. The highest BCUT2D eigenvalue weighted by Crippen LogP contribution is 2.47. The van der Waals surface area contributed by atoms with Crippen molar-refractivity contribution >= 4 is 33.2 Å². The predicted molar refractivity (Wildman–Crippen MR) is 113 cm³/mol. The molecule has 0 saturated carbocycles. The third-order valence-electron chi connectivity index (χ3n) is 4.53. The Kier molecular flexibility index (Phi) is 4.75. The number of aromatic amines is 1. The predicted octanol–water partition coefficient (Wildman–Crippen LogP) is 5.30. The van der Waals surface area contributed by atoms with Crippen LogP contribution < -0.4 is 15.0 Å². The number of methoxy groups -OCH3 is 2. The molecule has 0 aliphatic carbocycles. The van der Waals surface area contributed by atoms with E-state index in [0.29, 0.717) is 37.2 Å². The van der Waals surface area contributed by atoms with Gasteiger partial charge in [-0.25, -0.2) is 0 Å². The third kappa shape index (κ3) is 2.91. The minimum Gasteiger partial charge on any atom is -0.506 e. The van der Waals surface area contributed by atoms with E-state index >= 15 is 0 Å². The van der Waals surface area contributed by atoms with Crippen LogP contribution in [0.2, 0.25) is 4.34 Å². The molecule has 2 N–H and O–H groups in total. The summed E-state index contributed by atoms with van der Waals surface area (Å²) in [6.45, 7) is 0. The number of ether oxygens (including phenoxy) is 2. The number of thiophene rings is 1. The second kappa shape index (κ2) is 7.22. The fraction of sp³-hybridized carbons (Fsp3) is 0.0952. The highest BCUT2D eigenvalue weighted by atomic mass is 35.5. The van der Waals surface area contributed by atoms with E-state index < -0.39 is 5.56 Å². The first-order valence-corrected chi connectivity index (χ1v) is 9.59. The molecule has 2 aromatic carbocycles. The first-order valence-electron chi connectivity index (χ1n) is 8.40. The van der Waals surface area contributed by atoms with Gasteiger partial charge in [0, 0.05) is 5.56 Å². The van der Waals surface area contributed by atoms with Gasteiger partial charge in [-0.1, -0.05) is 48.0 Å². The SMILES string of the molecule is COc1ccc(-c2c(O)c3c(-c4ccccc4)c(Cl)sc3[nH]c2=O)cc1OC. The van der Waals surface area contributed by atoms with Crippen molar-refractivity contribution in [3.8, 4) is 39.5 Å². The summed E-state index contributed by atoms with van der Waals surface area (Å²) in [6, 6.07) is 14.6. The summed E-state index contributed by atoms with van der Waals surface area (Å²) in [4.78, 5) is 16.1. The highest BCUT2D eigenvalue weighted by molar-refractivity contribution is 7.23. The molecule has 0 amide bonds.